The molecule has 0 aromatic heterocycles. The van der Waals surface area contributed by atoms with Crippen LogP contribution in [-0.4, -0.2) is 55.5 Å². The van der Waals surface area contributed by atoms with Gasteiger partial charge >= 0.3 is 0 Å². The number of nitrogens with zero attached hydrogens (tertiary/aromatic N) is 1. The minimum atomic E-state index is -0.0315. The molecule has 0 spiro atoms. The number of aliphatic hydroxyl groups is 1. The van der Waals surface area contributed by atoms with Crippen LogP contribution in [0.3, 0.4) is 0 Å². The van der Waals surface area contributed by atoms with Crippen LogP contribution in [0.25, 0.3) is 0 Å². The maximum atomic E-state index is 9.23. The Balaban J connectivity index is 1.89. The standard InChI is InChI=1S/C16H26N2O2/c1-13-12-20-15(11-19)10-18(13)9-8-16(17-2)14-6-4-3-5-7-14/h3-7,13,15-17,19H,8-12H2,1-2H3. The number of morpholine rings is 1. The molecule has 3 unspecified atom stereocenters. The number of benzene rings is 1. The van der Waals surface area contributed by atoms with Crippen LogP contribution in [0.5, 0.6) is 0 Å². The topological polar surface area (TPSA) is 44.7 Å². The number of ether oxygens (including phenoxy) is 1. The summed E-state index contributed by atoms with van der Waals surface area (Å²) in [5.74, 6) is 0. The molecule has 0 aliphatic carbocycles. The average molecular weight is 278 g/mol. The SMILES string of the molecule is CNC(CCN1CC(CO)OCC1C)c1ccccc1. The van der Waals surface area contributed by atoms with Crippen molar-refractivity contribution in [2.45, 2.75) is 31.5 Å². The summed E-state index contributed by atoms with van der Waals surface area (Å²) in [5.41, 5.74) is 1.33. The van der Waals surface area contributed by atoms with E-state index in [2.05, 4.69) is 41.4 Å². The van der Waals surface area contributed by atoms with E-state index >= 15 is 0 Å². The summed E-state index contributed by atoms with van der Waals surface area (Å²) in [7, 11) is 2.01. The molecule has 0 bridgehead atoms. The van der Waals surface area contributed by atoms with Gasteiger partial charge in [-0.2, -0.15) is 0 Å². The third kappa shape index (κ3) is 4.03. The second kappa shape index (κ2) is 7.74. The van der Waals surface area contributed by atoms with E-state index in [0.29, 0.717) is 18.7 Å². The molecule has 4 nitrogen and oxygen atoms in total. The predicted molar refractivity (Wildman–Crippen MR) is 80.7 cm³/mol. The summed E-state index contributed by atoms with van der Waals surface area (Å²) >= 11 is 0. The molecule has 0 radical (unpaired) electrons. The van der Waals surface area contributed by atoms with Crippen molar-refractivity contribution >= 4 is 0 Å². The van der Waals surface area contributed by atoms with Gasteiger partial charge in [-0.15, -0.1) is 0 Å². The Morgan fingerprint density at radius 3 is 2.80 bits per heavy atom. The lowest BCUT2D eigenvalue weighted by Gasteiger charge is -2.38. The van der Waals surface area contributed by atoms with Gasteiger partial charge in [0, 0.05) is 25.2 Å². The first-order chi connectivity index (χ1) is 9.74. The lowest BCUT2D eigenvalue weighted by atomic mass is 10.0. The Labute approximate surface area is 121 Å². The Morgan fingerprint density at radius 2 is 2.15 bits per heavy atom. The van der Waals surface area contributed by atoms with Gasteiger partial charge in [0.15, 0.2) is 0 Å². The normalized spacial score (nSPS) is 25.6. The van der Waals surface area contributed by atoms with Crippen LogP contribution >= 0.6 is 0 Å². The minimum absolute atomic E-state index is 0.0315. The fraction of sp³-hybridized carbons (Fsp3) is 0.625. The number of hydrogen-bond acceptors (Lipinski definition) is 4. The van der Waals surface area contributed by atoms with Crippen molar-refractivity contribution in [2.24, 2.45) is 0 Å². The van der Waals surface area contributed by atoms with Crippen LogP contribution in [0.4, 0.5) is 0 Å². The molecule has 3 atom stereocenters. The molecule has 2 N–H and O–H groups in total. The monoisotopic (exact) mass is 278 g/mol. The van der Waals surface area contributed by atoms with Gasteiger partial charge in [-0.3, -0.25) is 4.90 Å². The highest BCUT2D eigenvalue weighted by molar-refractivity contribution is 5.18. The first kappa shape index (κ1) is 15.4. The van der Waals surface area contributed by atoms with E-state index in [0.717, 1.165) is 19.5 Å². The molecule has 112 valence electrons. The Hall–Kier alpha value is -0.940. The van der Waals surface area contributed by atoms with E-state index in [1.165, 1.54) is 5.56 Å². The average Bonchev–Trinajstić information content (AvgIpc) is 2.50. The van der Waals surface area contributed by atoms with Crippen LogP contribution in [0.1, 0.15) is 24.9 Å². The highest BCUT2D eigenvalue weighted by atomic mass is 16.5. The van der Waals surface area contributed by atoms with Gasteiger partial charge in [0.1, 0.15) is 0 Å². The maximum Gasteiger partial charge on any atom is 0.0933 e. The zero-order chi connectivity index (χ0) is 14.4. The van der Waals surface area contributed by atoms with Gasteiger partial charge in [-0.1, -0.05) is 30.3 Å². The summed E-state index contributed by atoms with van der Waals surface area (Å²) in [4.78, 5) is 2.41. The van der Waals surface area contributed by atoms with Crippen molar-refractivity contribution in [1.29, 1.82) is 0 Å². The smallest absolute Gasteiger partial charge is 0.0933 e. The number of hydrogen-bond donors (Lipinski definition) is 2. The molecular weight excluding hydrogens is 252 g/mol. The van der Waals surface area contributed by atoms with Gasteiger partial charge in [0.25, 0.3) is 0 Å². The summed E-state index contributed by atoms with van der Waals surface area (Å²) in [6.45, 7) is 4.84. The minimum Gasteiger partial charge on any atom is -0.394 e. The molecule has 1 aliphatic rings. The van der Waals surface area contributed by atoms with Crippen molar-refractivity contribution < 1.29 is 9.84 Å². The molecule has 1 aromatic carbocycles. The molecule has 1 fully saturated rings. The van der Waals surface area contributed by atoms with Gasteiger partial charge in [0.2, 0.25) is 0 Å². The van der Waals surface area contributed by atoms with E-state index in [1.54, 1.807) is 0 Å². The van der Waals surface area contributed by atoms with Crippen LogP contribution in [0.2, 0.25) is 0 Å². The van der Waals surface area contributed by atoms with Crippen molar-refractivity contribution in [2.75, 3.05) is 33.4 Å². The molecule has 0 saturated carbocycles. The van der Waals surface area contributed by atoms with Crippen molar-refractivity contribution in [3.05, 3.63) is 35.9 Å². The van der Waals surface area contributed by atoms with Gasteiger partial charge < -0.3 is 15.2 Å². The largest absolute Gasteiger partial charge is 0.394 e. The fourth-order valence-electron chi connectivity index (χ4n) is 2.76. The van der Waals surface area contributed by atoms with Crippen LogP contribution in [0.15, 0.2) is 30.3 Å². The van der Waals surface area contributed by atoms with E-state index in [4.69, 9.17) is 4.74 Å². The van der Waals surface area contributed by atoms with Gasteiger partial charge in [-0.05, 0) is 26.0 Å². The molecule has 20 heavy (non-hydrogen) atoms. The van der Waals surface area contributed by atoms with E-state index in [1.807, 2.05) is 13.1 Å². The van der Waals surface area contributed by atoms with E-state index in [-0.39, 0.29) is 12.7 Å². The highest BCUT2D eigenvalue weighted by Gasteiger charge is 2.25. The van der Waals surface area contributed by atoms with Crippen molar-refractivity contribution in [3.63, 3.8) is 0 Å². The van der Waals surface area contributed by atoms with Gasteiger partial charge in [0.05, 0.1) is 19.3 Å². The molecule has 0 amide bonds. The zero-order valence-corrected chi connectivity index (χ0v) is 12.5. The molecule has 4 heteroatoms. The lowest BCUT2D eigenvalue weighted by Crippen LogP contribution is -2.50. The lowest BCUT2D eigenvalue weighted by molar-refractivity contribution is -0.0783. The summed E-state index contributed by atoms with van der Waals surface area (Å²) in [5, 5.41) is 12.6. The van der Waals surface area contributed by atoms with E-state index < -0.39 is 0 Å². The number of aliphatic hydroxyl groups excluding tert-OH is 1. The molecular formula is C16H26N2O2. The fourth-order valence-corrected chi connectivity index (χ4v) is 2.76. The van der Waals surface area contributed by atoms with E-state index in [9.17, 15) is 5.11 Å². The third-order valence-corrected chi connectivity index (χ3v) is 4.09. The van der Waals surface area contributed by atoms with Gasteiger partial charge in [-0.25, -0.2) is 0 Å². The Morgan fingerprint density at radius 1 is 1.40 bits per heavy atom. The first-order valence-electron chi connectivity index (χ1n) is 7.43. The maximum absolute atomic E-state index is 9.23. The molecule has 1 aromatic rings. The quantitative estimate of drug-likeness (QED) is 0.826. The van der Waals surface area contributed by atoms with Crippen LogP contribution < -0.4 is 5.32 Å². The second-order valence-electron chi connectivity index (χ2n) is 5.52. The molecule has 1 aliphatic heterocycles. The Bertz CT molecular complexity index is 385. The second-order valence-corrected chi connectivity index (χ2v) is 5.52. The van der Waals surface area contributed by atoms with Crippen molar-refractivity contribution in [3.8, 4) is 0 Å². The predicted octanol–water partition coefficient (Wildman–Crippen LogP) is 1.42. The molecule has 1 heterocycles. The zero-order valence-electron chi connectivity index (χ0n) is 12.5. The summed E-state index contributed by atoms with van der Waals surface area (Å²) < 4.78 is 5.58. The van der Waals surface area contributed by atoms with Crippen LogP contribution in [0, 0.1) is 0 Å². The summed E-state index contributed by atoms with van der Waals surface area (Å²) in [6.07, 6.45) is 1.03. The Kier molecular flexibility index (Phi) is 5.98. The molecule has 1 saturated heterocycles. The number of nitrogens with one attached hydrogen (secondary N) is 1. The first-order valence-corrected chi connectivity index (χ1v) is 7.43. The molecule has 2 rings (SSSR count). The number of rotatable bonds is 6. The highest BCUT2D eigenvalue weighted by Crippen LogP contribution is 2.19. The van der Waals surface area contributed by atoms with Crippen LogP contribution in [-0.2, 0) is 4.74 Å². The third-order valence-electron chi connectivity index (χ3n) is 4.09. The summed E-state index contributed by atoms with van der Waals surface area (Å²) in [6, 6.07) is 11.3. The van der Waals surface area contributed by atoms with Crippen molar-refractivity contribution in [1.82, 2.24) is 10.2 Å².